The summed E-state index contributed by atoms with van der Waals surface area (Å²) >= 11 is 12.3. The number of nitrogens with zero attached hydrogens (tertiary/aromatic N) is 1. The lowest BCUT2D eigenvalue weighted by molar-refractivity contribution is 0.423. The smallest absolute Gasteiger partial charge is 0.238 e. The zero-order valence-corrected chi connectivity index (χ0v) is 13.8. The van der Waals surface area contributed by atoms with Gasteiger partial charge < -0.3 is 10.1 Å². The third-order valence-electron chi connectivity index (χ3n) is 2.73. The molecule has 0 bridgehead atoms. The van der Waals surface area contributed by atoms with Crippen LogP contribution in [0.2, 0.25) is 10.0 Å². The number of pyridine rings is 1. The summed E-state index contributed by atoms with van der Waals surface area (Å²) in [4.78, 5) is 4.26. The molecule has 3 nitrogen and oxygen atoms in total. The Labute approximate surface area is 135 Å². The molecule has 2 rings (SSSR count). The van der Waals surface area contributed by atoms with Crippen LogP contribution in [0.3, 0.4) is 0 Å². The molecule has 0 radical (unpaired) electrons. The third kappa shape index (κ3) is 4.88. The van der Waals surface area contributed by atoms with E-state index in [2.05, 4.69) is 31.1 Å². The van der Waals surface area contributed by atoms with Gasteiger partial charge in [-0.15, -0.1) is 0 Å². The van der Waals surface area contributed by atoms with E-state index < -0.39 is 0 Å². The van der Waals surface area contributed by atoms with Crippen LogP contribution < -0.4 is 10.1 Å². The minimum absolute atomic E-state index is 0.0409. The predicted molar refractivity (Wildman–Crippen MR) is 87.4 cm³/mol. The Morgan fingerprint density at radius 2 is 1.86 bits per heavy atom. The second-order valence-corrected chi connectivity index (χ2v) is 6.58. The van der Waals surface area contributed by atoms with E-state index in [1.54, 1.807) is 18.3 Å². The molecular weight excluding hydrogens is 307 g/mol. The van der Waals surface area contributed by atoms with E-state index in [1.807, 2.05) is 18.2 Å². The van der Waals surface area contributed by atoms with Gasteiger partial charge in [0, 0.05) is 18.3 Å². The SMILES string of the molecule is CC(C)(C)NCc1cnc(Oc2ccccc2Cl)c(Cl)c1. The van der Waals surface area contributed by atoms with E-state index in [4.69, 9.17) is 27.9 Å². The molecule has 1 N–H and O–H groups in total. The van der Waals surface area contributed by atoms with E-state index in [0.29, 0.717) is 28.2 Å². The lowest BCUT2D eigenvalue weighted by Crippen LogP contribution is -2.35. The van der Waals surface area contributed by atoms with Crippen molar-refractivity contribution in [1.82, 2.24) is 10.3 Å². The van der Waals surface area contributed by atoms with Crippen molar-refractivity contribution in [2.75, 3.05) is 0 Å². The summed E-state index contributed by atoms with van der Waals surface area (Å²) < 4.78 is 5.64. The average Bonchev–Trinajstić information content (AvgIpc) is 2.41. The standard InChI is InChI=1S/C16H18Cl2N2O/c1-16(2,3)20-10-11-8-13(18)15(19-9-11)21-14-7-5-4-6-12(14)17/h4-9,20H,10H2,1-3H3. The Kier molecular flexibility index (Phi) is 5.09. The van der Waals surface area contributed by atoms with Crippen molar-refractivity contribution in [1.29, 1.82) is 0 Å². The van der Waals surface area contributed by atoms with Crippen molar-refractivity contribution in [2.45, 2.75) is 32.9 Å². The van der Waals surface area contributed by atoms with E-state index in [-0.39, 0.29) is 5.54 Å². The Morgan fingerprint density at radius 3 is 2.48 bits per heavy atom. The van der Waals surface area contributed by atoms with Crippen LogP contribution in [0.4, 0.5) is 0 Å². The molecule has 1 aromatic heterocycles. The summed E-state index contributed by atoms with van der Waals surface area (Å²) in [7, 11) is 0. The van der Waals surface area contributed by atoms with Crippen molar-refractivity contribution in [2.24, 2.45) is 0 Å². The maximum absolute atomic E-state index is 6.22. The highest BCUT2D eigenvalue weighted by molar-refractivity contribution is 6.32. The maximum atomic E-state index is 6.22. The molecule has 2 aromatic rings. The molecule has 21 heavy (non-hydrogen) atoms. The van der Waals surface area contributed by atoms with Crippen LogP contribution in [0.25, 0.3) is 0 Å². The molecule has 0 aliphatic rings. The number of rotatable bonds is 4. The Hall–Kier alpha value is -1.29. The third-order valence-corrected chi connectivity index (χ3v) is 3.31. The molecule has 1 heterocycles. The maximum Gasteiger partial charge on any atom is 0.238 e. The normalized spacial score (nSPS) is 11.5. The van der Waals surface area contributed by atoms with Crippen molar-refractivity contribution in [3.05, 3.63) is 52.1 Å². The van der Waals surface area contributed by atoms with Crippen LogP contribution in [0.1, 0.15) is 26.3 Å². The van der Waals surface area contributed by atoms with Gasteiger partial charge >= 0.3 is 0 Å². The molecule has 112 valence electrons. The van der Waals surface area contributed by atoms with Crippen molar-refractivity contribution in [3.63, 3.8) is 0 Å². The highest BCUT2D eigenvalue weighted by atomic mass is 35.5. The van der Waals surface area contributed by atoms with Crippen LogP contribution >= 0.6 is 23.2 Å². The number of benzene rings is 1. The minimum atomic E-state index is 0.0409. The second kappa shape index (κ2) is 6.65. The number of aromatic nitrogens is 1. The Balaban J connectivity index is 2.11. The zero-order chi connectivity index (χ0) is 15.5. The fraction of sp³-hybridized carbons (Fsp3) is 0.312. The molecule has 0 aliphatic carbocycles. The van der Waals surface area contributed by atoms with Crippen molar-refractivity contribution < 1.29 is 4.74 Å². The van der Waals surface area contributed by atoms with Gasteiger partial charge in [0.05, 0.1) is 5.02 Å². The lowest BCUT2D eigenvalue weighted by Gasteiger charge is -2.20. The van der Waals surface area contributed by atoms with Gasteiger partial charge in [0.2, 0.25) is 5.88 Å². The van der Waals surface area contributed by atoms with E-state index in [0.717, 1.165) is 5.56 Å². The van der Waals surface area contributed by atoms with Gasteiger partial charge in [0.15, 0.2) is 0 Å². The summed E-state index contributed by atoms with van der Waals surface area (Å²) in [6, 6.07) is 9.06. The lowest BCUT2D eigenvalue weighted by atomic mass is 10.1. The summed E-state index contributed by atoms with van der Waals surface area (Å²) in [6.07, 6.45) is 1.75. The van der Waals surface area contributed by atoms with Gasteiger partial charge in [-0.25, -0.2) is 4.98 Å². The first-order valence-corrected chi connectivity index (χ1v) is 7.42. The molecule has 0 unspecified atom stereocenters. The second-order valence-electron chi connectivity index (χ2n) is 5.77. The highest BCUT2D eigenvalue weighted by Gasteiger charge is 2.11. The number of halogens is 2. The van der Waals surface area contributed by atoms with Gasteiger partial charge in [-0.3, -0.25) is 0 Å². The first-order chi connectivity index (χ1) is 9.85. The molecule has 0 spiro atoms. The fourth-order valence-corrected chi connectivity index (χ4v) is 2.04. The molecule has 0 fully saturated rings. The van der Waals surface area contributed by atoms with Crippen molar-refractivity contribution in [3.8, 4) is 11.6 Å². The average molecular weight is 325 g/mol. The minimum Gasteiger partial charge on any atom is -0.436 e. The zero-order valence-electron chi connectivity index (χ0n) is 12.3. The molecule has 0 saturated carbocycles. The largest absolute Gasteiger partial charge is 0.436 e. The fourth-order valence-electron chi connectivity index (χ4n) is 1.64. The van der Waals surface area contributed by atoms with Gasteiger partial charge in [0.1, 0.15) is 10.8 Å². The number of hydrogen-bond donors (Lipinski definition) is 1. The van der Waals surface area contributed by atoms with Crippen LogP contribution in [0.15, 0.2) is 36.5 Å². The molecule has 5 heteroatoms. The summed E-state index contributed by atoms with van der Waals surface area (Å²) in [5.74, 6) is 0.887. The van der Waals surface area contributed by atoms with Gasteiger partial charge in [-0.1, -0.05) is 35.3 Å². The van der Waals surface area contributed by atoms with E-state index in [9.17, 15) is 0 Å². The number of hydrogen-bond acceptors (Lipinski definition) is 3. The quantitative estimate of drug-likeness (QED) is 0.852. The summed E-state index contributed by atoms with van der Waals surface area (Å²) in [5, 5.41) is 4.37. The monoisotopic (exact) mass is 324 g/mol. The van der Waals surface area contributed by atoms with Crippen LogP contribution in [0, 0.1) is 0 Å². The highest BCUT2D eigenvalue weighted by Crippen LogP contribution is 2.32. The molecular formula is C16H18Cl2N2O. The van der Waals surface area contributed by atoms with Crippen LogP contribution in [0.5, 0.6) is 11.6 Å². The Morgan fingerprint density at radius 1 is 1.14 bits per heavy atom. The molecule has 0 saturated heterocycles. The summed E-state index contributed by atoms with van der Waals surface area (Å²) in [6.45, 7) is 7.02. The number of para-hydroxylation sites is 1. The van der Waals surface area contributed by atoms with Crippen molar-refractivity contribution >= 4 is 23.2 Å². The van der Waals surface area contributed by atoms with Gasteiger partial charge in [-0.2, -0.15) is 0 Å². The van der Waals surface area contributed by atoms with E-state index >= 15 is 0 Å². The predicted octanol–water partition coefficient (Wildman–Crippen LogP) is 5.07. The van der Waals surface area contributed by atoms with E-state index in [1.165, 1.54) is 0 Å². The molecule has 0 aliphatic heterocycles. The first-order valence-electron chi connectivity index (χ1n) is 6.67. The first kappa shape index (κ1) is 16.1. The summed E-state index contributed by atoms with van der Waals surface area (Å²) in [5.41, 5.74) is 1.04. The van der Waals surface area contributed by atoms with Gasteiger partial charge in [-0.05, 0) is 44.5 Å². The van der Waals surface area contributed by atoms with Crippen LogP contribution in [-0.4, -0.2) is 10.5 Å². The topological polar surface area (TPSA) is 34.2 Å². The number of nitrogens with one attached hydrogen (secondary N) is 1. The van der Waals surface area contributed by atoms with Gasteiger partial charge in [0.25, 0.3) is 0 Å². The Bertz CT molecular complexity index is 624. The number of ether oxygens (including phenoxy) is 1. The molecule has 0 amide bonds. The van der Waals surface area contributed by atoms with Crippen LogP contribution in [-0.2, 0) is 6.54 Å². The molecule has 0 atom stereocenters. The molecule has 1 aromatic carbocycles.